The van der Waals surface area contributed by atoms with Crippen LogP contribution in [0, 0.1) is 5.82 Å². The van der Waals surface area contributed by atoms with Crippen LogP contribution in [0.5, 0.6) is 0 Å². The zero-order valence-corrected chi connectivity index (χ0v) is 11.9. The molecule has 2 aromatic rings. The van der Waals surface area contributed by atoms with Gasteiger partial charge in [0.25, 0.3) is 11.8 Å². The van der Waals surface area contributed by atoms with E-state index in [0.29, 0.717) is 5.56 Å². The van der Waals surface area contributed by atoms with E-state index in [2.05, 4.69) is 5.32 Å². The highest BCUT2D eigenvalue weighted by atomic mass is 19.1. The number of carbonyl (C=O) groups is 2. The molecule has 2 heterocycles. The van der Waals surface area contributed by atoms with Crippen molar-refractivity contribution in [3.05, 3.63) is 77.2 Å². The maximum Gasteiger partial charge on any atom is 0.296 e. The van der Waals surface area contributed by atoms with Crippen LogP contribution >= 0.6 is 0 Å². The molecule has 0 saturated carbocycles. The van der Waals surface area contributed by atoms with Gasteiger partial charge in [-0.25, -0.2) is 4.39 Å². The largest absolute Gasteiger partial charge is 0.763 e. The van der Waals surface area contributed by atoms with Crippen molar-refractivity contribution in [3.63, 3.8) is 0 Å². The fraction of sp³-hybridized carbons (Fsp3) is 0.118. The minimum absolute atomic E-state index is 0.114. The minimum atomic E-state index is -0.843. The number of hydrogen-bond donors (Lipinski definition) is 1. The second-order valence-electron chi connectivity index (χ2n) is 5.14. The predicted molar refractivity (Wildman–Crippen MR) is 79.8 cm³/mol. The second-order valence-corrected chi connectivity index (χ2v) is 5.14. The number of piperidine rings is 1. The average molecular weight is 309 g/mol. The summed E-state index contributed by atoms with van der Waals surface area (Å²) in [4.78, 5) is 24.4. The van der Waals surface area contributed by atoms with E-state index < -0.39 is 29.6 Å². The first-order valence-electron chi connectivity index (χ1n) is 6.95. The second kappa shape index (κ2) is 5.94. The van der Waals surface area contributed by atoms with Crippen LogP contribution in [0.4, 0.5) is 4.39 Å². The molecule has 1 aromatic carbocycles. The van der Waals surface area contributed by atoms with Gasteiger partial charge in [0, 0.05) is 12.1 Å². The molecule has 1 fully saturated rings. The van der Waals surface area contributed by atoms with Gasteiger partial charge in [-0.3, -0.25) is 20.8 Å². The maximum absolute atomic E-state index is 13.6. The number of rotatable bonds is 2. The Morgan fingerprint density at radius 1 is 1.13 bits per heavy atom. The van der Waals surface area contributed by atoms with Crippen LogP contribution in [0.2, 0.25) is 0 Å². The molecule has 5 nitrogen and oxygen atoms in total. The van der Waals surface area contributed by atoms with Crippen LogP contribution in [-0.4, -0.2) is 17.7 Å². The maximum atomic E-state index is 13.6. The molecule has 23 heavy (non-hydrogen) atoms. The van der Waals surface area contributed by atoms with Crippen LogP contribution < -0.4 is 9.88 Å². The zero-order valence-electron chi connectivity index (χ0n) is 11.9. The van der Waals surface area contributed by atoms with Crippen molar-refractivity contribution >= 4 is 17.7 Å². The van der Waals surface area contributed by atoms with Crippen molar-refractivity contribution < 1.29 is 18.5 Å². The Labute approximate surface area is 131 Å². The number of benzene rings is 1. The van der Waals surface area contributed by atoms with Gasteiger partial charge >= 0.3 is 0 Å². The number of halogens is 1. The minimum Gasteiger partial charge on any atom is -0.763 e. The lowest BCUT2D eigenvalue weighted by Gasteiger charge is -2.28. The molecule has 0 bridgehead atoms. The molecular formula is C17H12FN3O2. The van der Waals surface area contributed by atoms with Crippen molar-refractivity contribution in [2.24, 2.45) is 0 Å². The Morgan fingerprint density at radius 3 is 2.52 bits per heavy atom. The molecule has 2 amide bonds. The molecule has 2 atom stereocenters. The number of aromatic nitrogens is 1. The summed E-state index contributed by atoms with van der Waals surface area (Å²) in [5.41, 5.74) is 0.294. The SMILES string of the molecule is [N-]=C=C1C(=O)NC(=O)[C@H]([n+]2ccccc2)[C@H]1c1cccc(F)c1. The fourth-order valence-electron chi connectivity index (χ4n) is 2.78. The third-order valence-corrected chi connectivity index (χ3v) is 3.76. The van der Waals surface area contributed by atoms with E-state index >= 15 is 0 Å². The standard InChI is InChI=1S/C17H12FN3O2/c18-12-6-4-5-11(9-12)14-13(10-19)16(22)20-17(23)15(14)21-7-2-1-3-8-21/h1-9,14-15H,(H,20,22,23)/t14-,15+/m0/s1. The van der Waals surface area contributed by atoms with Crippen molar-refractivity contribution in [1.29, 1.82) is 0 Å². The van der Waals surface area contributed by atoms with Gasteiger partial charge in [-0.05, 0) is 17.7 Å². The molecule has 1 saturated heterocycles. The highest BCUT2D eigenvalue weighted by Crippen LogP contribution is 2.34. The van der Waals surface area contributed by atoms with Gasteiger partial charge in [0.15, 0.2) is 12.4 Å². The monoisotopic (exact) mass is 309 g/mol. The van der Waals surface area contributed by atoms with E-state index in [4.69, 9.17) is 0 Å². The Balaban J connectivity index is 2.20. The van der Waals surface area contributed by atoms with E-state index in [1.165, 1.54) is 18.2 Å². The lowest BCUT2D eigenvalue weighted by Crippen LogP contribution is -2.57. The summed E-state index contributed by atoms with van der Waals surface area (Å²) < 4.78 is 15.2. The third kappa shape index (κ3) is 2.67. The van der Waals surface area contributed by atoms with Crippen molar-refractivity contribution in [2.45, 2.75) is 12.0 Å². The number of hydrogen-bond acceptors (Lipinski definition) is 2. The number of carbonyl (C=O) groups excluding carboxylic acids is 2. The first-order chi connectivity index (χ1) is 11.1. The van der Waals surface area contributed by atoms with Gasteiger partial charge < -0.3 is 5.41 Å². The Morgan fingerprint density at radius 2 is 1.87 bits per heavy atom. The summed E-state index contributed by atoms with van der Waals surface area (Å²) in [6.07, 6.45) is 3.34. The van der Waals surface area contributed by atoms with Crippen LogP contribution in [0.25, 0.3) is 5.41 Å². The van der Waals surface area contributed by atoms with Gasteiger partial charge in [-0.15, -0.1) is 0 Å². The van der Waals surface area contributed by atoms with Crippen molar-refractivity contribution in [2.75, 3.05) is 0 Å². The molecule has 0 radical (unpaired) electrons. The fourth-order valence-corrected chi connectivity index (χ4v) is 2.78. The molecule has 0 unspecified atom stereocenters. The molecule has 114 valence electrons. The highest BCUT2D eigenvalue weighted by Gasteiger charge is 2.46. The lowest BCUT2D eigenvalue weighted by molar-refractivity contribution is -0.711. The molecule has 0 aliphatic carbocycles. The van der Waals surface area contributed by atoms with Crippen LogP contribution in [0.3, 0.4) is 0 Å². The highest BCUT2D eigenvalue weighted by molar-refractivity contribution is 6.14. The van der Waals surface area contributed by atoms with Gasteiger partial charge in [0.05, 0.1) is 11.5 Å². The Hall–Kier alpha value is -3.11. The number of nitrogens with zero attached hydrogens (tertiary/aromatic N) is 2. The topological polar surface area (TPSA) is 72.3 Å². The number of pyridine rings is 1. The van der Waals surface area contributed by atoms with E-state index in [1.807, 2.05) is 5.87 Å². The van der Waals surface area contributed by atoms with Crippen molar-refractivity contribution in [1.82, 2.24) is 5.32 Å². The summed E-state index contributed by atoms with van der Waals surface area (Å²) >= 11 is 0. The zero-order chi connectivity index (χ0) is 16.4. The number of nitrogens with one attached hydrogen (secondary N) is 1. The van der Waals surface area contributed by atoms with E-state index in [9.17, 15) is 19.4 Å². The first-order valence-corrected chi connectivity index (χ1v) is 6.95. The molecule has 1 aliphatic rings. The average Bonchev–Trinajstić information content (AvgIpc) is 2.55. The molecule has 3 rings (SSSR count). The molecule has 1 aromatic heterocycles. The van der Waals surface area contributed by atoms with Gasteiger partial charge in [0.2, 0.25) is 6.04 Å². The van der Waals surface area contributed by atoms with Crippen LogP contribution in [-0.2, 0) is 9.59 Å². The molecule has 1 N–H and O–H groups in total. The molecule has 6 heteroatoms. The third-order valence-electron chi connectivity index (χ3n) is 3.76. The Kier molecular flexibility index (Phi) is 3.83. The van der Waals surface area contributed by atoms with E-state index in [1.54, 1.807) is 41.2 Å². The van der Waals surface area contributed by atoms with Gasteiger partial charge in [-0.2, -0.15) is 4.57 Å². The summed E-state index contributed by atoms with van der Waals surface area (Å²) in [5, 5.41) is 11.5. The smallest absolute Gasteiger partial charge is 0.296 e. The molecule has 1 aliphatic heterocycles. The molecular weight excluding hydrogens is 297 g/mol. The normalized spacial score (nSPS) is 20.8. The summed E-state index contributed by atoms with van der Waals surface area (Å²) in [6, 6.07) is 10.0. The first kappa shape index (κ1) is 14.8. The molecule has 0 spiro atoms. The quantitative estimate of drug-likeness (QED) is 0.392. The predicted octanol–water partition coefficient (Wildman–Crippen LogP) is 1.26. The lowest BCUT2D eigenvalue weighted by atomic mass is 9.81. The van der Waals surface area contributed by atoms with Crippen molar-refractivity contribution in [3.8, 4) is 0 Å². The number of imide groups is 1. The summed E-state index contributed by atoms with van der Waals surface area (Å²) in [5.74, 6) is -0.740. The van der Waals surface area contributed by atoms with Gasteiger partial charge in [-0.1, -0.05) is 18.2 Å². The van der Waals surface area contributed by atoms with Crippen LogP contribution in [0.1, 0.15) is 17.5 Å². The van der Waals surface area contributed by atoms with E-state index in [-0.39, 0.29) is 5.57 Å². The summed E-state index contributed by atoms with van der Waals surface area (Å²) in [7, 11) is 0. The summed E-state index contributed by atoms with van der Waals surface area (Å²) in [6.45, 7) is 0. The number of amides is 2. The van der Waals surface area contributed by atoms with E-state index in [0.717, 1.165) is 0 Å². The van der Waals surface area contributed by atoms with Gasteiger partial charge in [0.1, 0.15) is 5.82 Å². The van der Waals surface area contributed by atoms with Crippen LogP contribution in [0.15, 0.2) is 60.4 Å². The Bertz CT molecular complexity index is 829.